The number of hydrogen-bond donors (Lipinski definition) is 2. The number of nitrogens with zero attached hydrogens (tertiary/aromatic N) is 2. The van der Waals surface area contributed by atoms with Gasteiger partial charge >= 0.3 is 23.8 Å². The van der Waals surface area contributed by atoms with E-state index < -0.39 is 35.8 Å². The summed E-state index contributed by atoms with van der Waals surface area (Å²) >= 11 is 0. The first-order valence-corrected chi connectivity index (χ1v) is 11.9. The fourth-order valence-electron chi connectivity index (χ4n) is 3.04. The predicted molar refractivity (Wildman–Crippen MR) is 131 cm³/mol. The smallest absolute Gasteiger partial charge is 0.329 e. The van der Waals surface area contributed by atoms with Crippen LogP contribution in [0.3, 0.4) is 0 Å². The van der Waals surface area contributed by atoms with Crippen LogP contribution in [-0.2, 0) is 41.5 Å². The Kier molecular flexibility index (Phi) is 11.5. The number of nitrogens with one attached hydrogen (secondary N) is 2. The molecule has 2 atom stereocenters. The molecular formula is C26H34N4O6. The highest BCUT2D eigenvalue weighted by Gasteiger charge is 2.30. The van der Waals surface area contributed by atoms with Gasteiger partial charge in [-0.2, -0.15) is 0 Å². The quantitative estimate of drug-likeness (QED) is 0.333. The van der Waals surface area contributed by atoms with Crippen LogP contribution in [0.5, 0.6) is 0 Å². The number of ether oxygens (including phenoxy) is 2. The molecule has 0 spiro atoms. The maximum absolute atomic E-state index is 12.8. The molecule has 2 aromatic rings. The summed E-state index contributed by atoms with van der Waals surface area (Å²) in [5.41, 5.74) is 1.45. The first-order chi connectivity index (χ1) is 17.2. The summed E-state index contributed by atoms with van der Waals surface area (Å²) in [6.07, 6.45) is 6.46. The van der Waals surface area contributed by atoms with Crippen molar-refractivity contribution >= 4 is 23.8 Å². The van der Waals surface area contributed by atoms with Crippen molar-refractivity contribution in [1.82, 2.24) is 20.6 Å². The summed E-state index contributed by atoms with van der Waals surface area (Å²) in [6, 6.07) is 4.59. The van der Waals surface area contributed by atoms with Crippen LogP contribution >= 0.6 is 0 Å². The summed E-state index contributed by atoms with van der Waals surface area (Å²) < 4.78 is 10.6. The van der Waals surface area contributed by atoms with Gasteiger partial charge in [0.2, 0.25) is 0 Å². The van der Waals surface area contributed by atoms with E-state index in [1.807, 2.05) is 27.7 Å². The minimum atomic E-state index is -1.10. The SMILES string of the molecule is CC(C)COC(=O)C(Cc1ccncc1)NC(=O)C(=O)NC(Cc1ccncc1)C(=O)OCC(C)C. The monoisotopic (exact) mass is 498 g/mol. The van der Waals surface area contributed by atoms with Crippen LogP contribution in [0.25, 0.3) is 0 Å². The summed E-state index contributed by atoms with van der Waals surface area (Å²) in [7, 11) is 0. The van der Waals surface area contributed by atoms with E-state index in [-0.39, 0.29) is 37.9 Å². The fourth-order valence-corrected chi connectivity index (χ4v) is 3.04. The highest BCUT2D eigenvalue weighted by atomic mass is 16.5. The lowest BCUT2D eigenvalue weighted by atomic mass is 10.1. The first kappa shape index (κ1) is 28.4. The molecular weight excluding hydrogens is 464 g/mol. The van der Waals surface area contributed by atoms with Crippen molar-refractivity contribution in [3.8, 4) is 0 Å². The molecule has 2 rings (SSSR count). The molecule has 2 aromatic heterocycles. The average molecular weight is 499 g/mol. The van der Waals surface area contributed by atoms with E-state index in [4.69, 9.17) is 9.47 Å². The highest BCUT2D eigenvalue weighted by Crippen LogP contribution is 2.07. The summed E-state index contributed by atoms with van der Waals surface area (Å²) in [5.74, 6) is -3.25. The summed E-state index contributed by atoms with van der Waals surface area (Å²) in [5, 5.41) is 4.88. The number of rotatable bonds is 12. The summed E-state index contributed by atoms with van der Waals surface area (Å²) in [4.78, 5) is 58.7. The molecule has 10 heteroatoms. The van der Waals surface area contributed by atoms with Crippen LogP contribution in [0.4, 0.5) is 0 Å². The Morgan fingerprint density at radius 2 is 1.00 bits per heavy atom. The van der Waals surface area contributed by atoms with Gasteiger partial charge in [-0.05, 0) is 47.2 Å². The van der Waals surface area contributed by atoms with Gasteiger partial charge in [-0.25, -0.2) is 9.59 Å². The van der Waals surface area contributed by atoms with Crippen LogP contribution in [0.15, 0.2) is 49.1 Å². The second-order valence-corrected chi connectivity index (χ2v) is 9.22. The average Bonchev–Trinajstić information content (AvgIpc) is 2.86. The Morgan fingerprint density at radius 3 is 1.31 bits per heavy atom. The third-order valence-corrected chi connectivity index (χ3v) is 4.88. The molecule has 0 aliphatic rings. The molecule has 194 valence electrons. The molecule has 0 bridgehead atoms. The van der Waals surface area contributed by atoms with E-state index in [1.54, 1.807) is 49.1 Å². The fraction of sp³-hybridized carbons (Fsp3) is 0.462. The maximum Gasteiger partial charge on any atom is 0.329 e. The van der Waals surface area contributed by atoms with Crippen molar-refractivity contribution in [1.29, 1.82) is 0 Å². The second kappa shape index (κ2) is 14.6. The van der Waals surface area contributed by atoms with Gasteiger partial charge in [-0.15, -0.1) is 0 Å². The summed E-state index contributed by atoms with van der Waals surface area (Å²) in [6.45, 7) is 7.89. The van der Waals surface area contributed by atoms with Crippen LogP contribution in [-0.4, -0.2) is 59.0 Å². The normalized spacial score (nSPS) is 12.5. The number of hydrogen-bond acceptors (Lipinski definition) is 8. The van der Waals surface area contributed by atoms with E-state index in [0.717, 1.165) is 11.1 Å². The zero-order chi connectivity index (χ0) is 26.5. The van der Waals surface area contributed by atoms with Crippen molar-refractivity contribution < 1.29 is 28.7 Å². The lowest BCUT2D eigenvalue weighted by Crippen LogP contribution is -2.53. The van der Waals surface area contributed by atoms with E-state index >= 15 is 0 Å². The Labute approximate surface area is 211 Å². The number of carbonyl (C=O) groups is 4. The van der Waals surface area contributed by atoms with Crippen molar-refractivity contribution in [3.63, 3.8) is 0 Å². The van der Waals surface area contributed by atoms with Crippen LogP contribution in [0.2, 0.25) is 0 Å². The molecule has 0 aliphatic carbocycles. The van der Waals surface area contributed by atoms with Crippen LogP contribution in [0.1, 0.15) is 38.8 Å². The maximum atomic E-state index is 12.8. The number of carbonyl (C=O) groups excluding carboxylic acids is 4. The predicted octanol–water partition coefficient (Wildman–Crippen LogP) is 1.63. The van der Waals surface area contributed by atoms with Crippen LogP contribution in [0, 0.1) is 11.8 Å². The molecule has 0 saturated carbocycles. The standard InChI is InChI=1S/C26H34N4O6/c1-17(2)15-35-25(33)21(13-19-5-9-27-10-6-19)29-23(31)24(32)30-22(26(34)36-16-18(3)4)14-20-7-11-28-12-8-20/h5-12,17-18,21-22H,13-16H2,1-4H3,(H,29,31)(H,30,32). The van der Waals surface area contributed by atoms with Gasteiger partial charge in [0.05, 0.1) is 13.2 Å². The number of esters is 2. The lowest BCUT2D eigenvalue weighted by Gasteiger charge is -2.20. The Morgan fingerprint density at radius 1 is 0.667 bits per heavy atom. The minimum absolute atomic E-state index is 0.0975. The Hall–Kier alpha value is -3.82. The third kappa shape index (κ3) is 10.2. The van der Waals surface area contributed by atoms with Crippen LogP contribution < -0.4 is 10.6 Å². The molecule has 0 aliphatic heterocycles. The first-order valence-electron chi connectivity index (χ1n) is 11.9. The molecule has 0 radical (unpaired) electrons. The number of amides is 2. The third-order valence-electron chi connectivity index (χ3n) is 4.88. The topological polar surface area (TPSA) is 137 Å². The van der Waals surface area contributed by atoms with Gasteiger partial charge in [-0.1, -0.05) is 27.7 Å². The van der Waals surface area contributed by atoms with Crippen molar-refractivity contribution in [3.05, 3.63) is 60.2 Å². The second-order valence-electron chi connectivity index (χ2n) is 9.22. The van der Waals surface area contributed by atoms with E-state index in [1.165, 1.54) is 0 Å². The van der Waals surface area contributed by atoms with Gasteiger partial charge in [0.1, 0.15) is 12.1 Å². The van der Waals surface area contributed by atoms with Crippen molar-refractivity contribution in [2.45, 2.75) is 52.6 Å². The molecule has 10 nitrogen and oxygen atoms in total. The molecule has 36 heavy (non-hydrogen) atoms. The molecule has 0 aromatic carbocycles. The largest absolute Gasteiger partial charge is 0.464 e. The van der Waals surface area contributed by atoms with Gasteiger partial charge in [0.25, 0.3) is 0 Å². The molecule has 2 N–H and O–H groups in total. The number of pyridine rings is 2. The Balaban J connectivity index is 2.12. The van der Waals surface area contributed by atoms with Gasteiger partial charge < -0.3 is 20.1 Å². The van der Waals surface area contributed by atoms with E-state index in [0.29, 0.717) is 0 Å². The molecule has 0 fully saturated rings. The number of aromatic nitrogens is 2. The molecule has 2 unspecified atom stereocenters. The van der Waals surface area contributed by atoms with Gasteiger partial charge in [-0.3, -0.25) is 19.6 Å². The lowest BCUT2D eigenvalue weighted by molar-refractivity contribution is -0.152. The Bertz CT molecular complexity index is 917. The van der Waals surface area contributed by atoms with Crippen molar-refractivity contribution in [2.24, 2.45) is 11.8 Å². The molecule has 2 heterocycles. The highest BCUT2D eigenvalue weighted by molar-refractivity contribution is 6.35. The van der Waals surface area contributed by atoms with Crippen molar-refractivity contribution in [2.75, 3.05) is 13.2 Å². The zero-order valence-electron chi connectivity index (χ0n) is 21.1. The van der Waals surface area contributed by atoms with E-state index in [2.05, 4.69) is 20.6 Å². The van der Waals surface area contributed by atoms with Gasteiger partial charge in [0.15, 0.2) is 0 Å². The van der Waals surface area contributed by atoms with E-state index in [9.17, 15) is 19.2 Å². The molecule has 2 amide bonds. The molecule has 0 saturated heterocycles. The minimum Gasteiger partial charge on any atom is -0.464 e. The van der Waals surface area contributed by atoms with Gasteiger partial charge in [0, 0.05) is 37.6 Å². The zero-order valence-corrected chi connectivity index (χ0v) is 21.1.